The summed E-state index contributed by atoms with van der Waals surface area (Å²) < 4.78 is 7.38. The first kappa shape index (κ1) is 21.5. The lowest BCUT2D eigenvalue weighted by molar-refractivity contribution is 0.386. The van der Waals surface area contributed by atoms with Crippen LogP contribution in [0.1, 0.15) is 36.7 Å². The zero-order valence-electron chi connectivity index (χ0n) is 18.1. The van der Waals surface area contributed by atoms with Crippen molar-refractivity contribution in [2.45, 2.75) is 31.7 Å². The quantitative estimate of drug-likeness (QED) is 0.440. The van der Waals surface area contributed by atoms with Crippen LogP contribution in [0, 0.1) is 5.92 Å². The van der Waals surface area contributed by atoms with Crippen molar-refractivity contribution < 1.29 is 4.52 Å². The monoisotopic (exact) mass is 432 g/mol. The molecule has 1 fully saturated rings. The van der Waals surface area contributed by atoms with E-state index in [-0.39, 0.29) is 11.2 Å². The van der Waals surface area contributed by atoms with Crippen molar-refractivity contribution in [3.63, 3.8) is 0 Å². The fourth-order valence-corrected chi connectivity index (χ4v) is 3.86. The summed E-state index contributed by atoms with van der Waals surface area (Å²) in [6.45, 7) is 6.90. The summed E-state index contributed by atoms with van der Waals surface area (Å²) in [6.07, 6.45) is 8.93. The van der Waals surface area contributed by atoms with Gasteiger partial charge in [0.1, 0.15) is 5.82 Å². The van der Waals surface area contributed by atoms with Crippen LogP contribution in [0.25, 0.3) is 17.0 Å². The van der Waals surface area contributed by atoms with Gasteiger partial charge in [0.25, 0.3) is 5.89 Å². The Labute approximate surface area is 186 Å². The van der Waals surface area contributed by atoms with Crippen LogP contribution in [-0.2, 0) is 12.0 Å². The fourth-order valence-electron chi connectivity index (χ4n) is 3.86. The molecule has 4 rings (SSSR count). The maximum absolute atomic E-state index is 5.77. The molecule has 0 aliphatic heterocycles. The summed E-state index contributed by atoms with van der Waals surface area (Å²) in [5.74, 6) is 1.80. The highest BCUT2D eigenvalue weighted by molar-refractivity contribution is 6.09. The Balaban J connectivity index is 1.63. The van der Waals surface area contributed by atoms with Crippen molar-refractivity contribution in [2.75, 3.05) is 6.54 Å². The van der Waals surface area contributed by atoms with E-state index in [2.05, 4.69) is 40.9 Å². The highest BCUT2D eigenvalue weighted by atomic mass is 16.5. The van der Waals surface area contributed by atoms with Crippen molar-refractivity contribution >= 4 is 11.8 Å². The van der Waals surface area contributed by atoms with E-state index >= 15 is 0 Å². The first-order chi connectivity index (χ1) is 15.5. The Morgan fingerprint density at radius 2 is 2.09 bits per heavy atom. The summed E-state index contributed by atoms with van der Waals surface area (Å²) in [6, 6.07) is 8.19. The third kappa shape index (κ3) is 4.19. The summed E-state index contributed by atoms with van der Waals surface area (Å²) in [5, 5.41) is 8.65. The molecule has 1 saturated carbocycles. The lowest BCUT2D eigenvalue weighted by Crippen LogP contribution is -2.28. The van der Waals surface area contributed by atoms with Crippen molar-refractivity contribution in [1.29, 1.82) is 0 Å². The van der Waals surface area contributed by atoms with Gasteiger partial charge in [0.15, 0.2) is 5.82 Å². The number of hydrogen-bond donors (Lipinski definition) is 3. The molecule has 1 aromatic carbocycles. The number of hydrogen-bond acceptors (Lipinski definition) is 8. The number of benzene rings is 1. The summed E-state index contributed by atoms with van der Waals surface area (Å²) >= 11 is 0. The van der Waals surface area contributed by atoms with Gasteiger partial charge in [0.05, 0.1) is 23.7 Å². The van der Waals surface area contributed by atoms with Gasteiger partial charge in [-0.05, 0) is 36.8 Å². The van der Waals surface area contributed by atoms with Crippen LogP contribution in [0.3, 0.4) is 0 Å². The second-order valence-electron chi connectivity index (χ2n) is 8.13. The zero-order valence-corrected chi connectivity index (χ0v) is 18.1. The van der Waals surface area contributed by atoms with Gasteiger partial charge < -0.3 is 21.7 Å². The molecular weight excluding hydrogens is 404 g/mol. The van der Waals surface area contributed by atoms with E-state index in [4.69, 9.17) is 26.7 Å². The molecule has 0 unspecified atom stereocenters. The van der Waals surface area contributed by atoms with Crippen LogP contribution in [0.5, 0.6) is 0 Å². The molecule has 0 saturated heterocycles. The van der Waals surface area contributed by atoms with E-state index in [1.165, 1.54) is 6.20 Å². The van der Waals surface area contributed by atoms with Gasteiger partial charge in [-0.3, -0.25) is 4.68 Å². The minimum atomic E-state index is -0.361. The number of aliphatic imine (C=N–C) groups is 1. The second kappa shape index (κ2) is 8.80. The number of allylic oxidation sites excluding steroid dienone is 1. The van der Waals surface area contributed by atoms with Gasteiger partial charge >= 0.3 is 0 Å². The largest absolute Gasteiger partial charge is 0.404 e. The van der Waals surface area contributed by atoms with E-state index in [9.17, 15) is 0 Å². The summed E-state index contributed by atoms with van der Waals surface area (Å²) in [7, 11) is 0. The molecule has 166 valence electrons. The Kier molecular flexibility index (Phi) is 5.91. The van der Waals surface area contributed by atoms with Crippen molar-refractivity contribution in [3.05, 3.63) is 72.2 Å². The van der Waals surface area contributed by atoms with Gasteiger partial charge in [-0.2, -0.15) is 10.1 Å². The topological polar surface area (TPSA) is 147 Å². The Hall–Kier alpha value is -3.72. The molecule has 9 nitrogen and oxygen atoms in total. The fraction of sp³-hybridized carbons (Fsp3) is 0.304. The van der Waals surface area contributed by atoms with E-state index in [1.807, 2.05) is 18.3 Å². The van der Waals surface area contributed by atoms with Crippen LogP contribution in [-0.4, -0.2) is 32.7 Å². The summed E-state index contributed by atoms with van der Waals surface area (Å²) in [5.41, 5.74) is 20.1. The molecule has 0 radical (unpaired) electrons. The molecule has 0 amide bonds. The normalized spacial score (nSPS) is 16.4. The second-order valence-corrected chi connectivity index (χ2v) is 8.13. The molecule has 3 aromatic rings. The predicted octanol–water partition coefficient (Wildman–Crippen LogP) is 2.41. The third-order valence-corrected chi connectivity index (χ3v) is 5.89. The zero-order chi connectivity index (χ0) is 22.7. The van der Waals surface area contributed by atoms with E-state index in [0.717, 1.165) is 35.1 Å². The van der Waals surface area contributed by atoms with Gasteiger partial charge in [-0.25, -0.2) is 4.99 Å². The predicted molar refractivity (Wildman–Crippen MR) is 124 cm³/mol. The Morgan fingerprint density at radius 3 is 2.72 bits per heavy atom. The van der Waals surface area contributed by atoms with Crippen LogP contribution < -0.4 is 17.2 Å². The first-order valence-corrected chi connectivity index (χ1v) is 10.5. The lowest BCUT2D eigenvalue weighted by atomic mass is 9.76. The standard InChI is InChI=1S/C23H28N8O/c1-15(26)27-12-17(11-25)16-3-5-19(6-4-16)23(2,20-7-8-20)22-29-21(32-30-22)18-13-28-31(14-18)10-9-24/h3-6,11-14,20H,1,7-10,24-26H2,2H3/b17-11+,27-12-/t23-/m0/s1. The van der Waals surface area contributed by atoms with Crippen molar-refractivity contribution in [2.24, 2.45) is 28.1 Å². The van der Waals surface area contributed by atoms with Gasteiger partial charge in [-0.1, -0.05) is 36.0 Å². The van der Waals surface area contributed by atoms with Crippen LogP contribution in [0.2, 0.25) is 0 Å². The third-order valence-electron chi connectivity index (χ3n) is 5.89. The Morgan fingerprint density at radius 1 is 1.34 bits per heavy atom. The molecule has 9 heteroatoms. The SMILES string of the molecule is C=C(N)/N=C\C(=C/N)c1ccc([C@](C)(c2noc(-c3cnn(CCN)c3)n2)C2CC2)cc1. The average Bonchev–Trinajstić information content (AvgIpc) is 3.34. The van der Waals surface area contributed by atoms with Crippen LogP contribution in [0.4, 0.5) is 0 Å². The highest BCUT2D eigenvalue weighted by Gasteiger charge is 2.47. The number of nitrogens with zero attached hydrogens (tertiary/aromatic N) is 5. The van der Waals surface area contributed by atoms with E-state index in [0.29, 0.717) is 30.7 Å². The molecule has 2 heterocycles. The van der Waals surface area contributed by atoms with Crippen LogP contribution in [0.15, 0.2) is 64.8 Å². The van der Waals surface area contributed by atoms with Crippen LogP contribution >= 0.6 is 0 Å². The molecule has 1 atom stereocenters. The van der Waals surface area contributed by atoms with Crippen molar-refractivity contribution in [1.82, 2.24) is 19.9 Å². The first-order valence-electron chi connectivity index (χ1n) is 10.5. The van der Waals surface area contributed by atoms with E-state index < -0.39 is 0 Å². The minimum Gasteiger partial charge on any atom is -0.404 e. The smallest absolute Gasteiger partial charge is 0.261 e. The molecule has 1 aliphatic carbocycles. The molecular formula is C23H28N8O. The number of nitrogens with two attached hydrogens (primary N) is 3. The number of aromatic nitrogens is 4. The highest BCUT2D eigenvalue weighted by Crippen LogP contribution is 2.50. The molecule has 32 heavy (non-hydrogen) atoms. The molecule has 0 bridgehead atoms. The van der Waals surface area contributed by atoms with E-state index in [1.54, 1.807) is 17.1 Å². The average molecular weight is 433 g/mol. The molecule has 6 N–H and O–H groups in total. The molecule has 0 spiro atoms. The van der Waals surface area contributed by atoms with Gasteiger partial charge in [0.2, 0.25) is 0 Å². The Bertz CT molecular complexity index is 1150. The maximum Gasteiger partial charge on any atom is 0.261 e. The lowest BCUT2D eigenvalue weighted by Gasteiger charge is -2.27. The van der Waals surface area contributed by atoms with Gasteiger partial charge in [0, 0.05) is 30.7 Å². The molecule has 2 aromatic heterocycles. The number of rotatable bonds is 9. The minimum absolute atomic E-state index is 0.226. The van der Waals surface area contributed by atoms with Crippen molar-refractivity contribution in [3.8, 4) is 11.5 Å². The van der Waals surface area contributed by atoms with Gasteiger partial charge in [-0.15, -0.1) is 0 Å². The maximum atomic E-state index is 5.77. The molecule has 1 aliphatic rings. The summed E-state index contributed by atoms with van der Waals surface area (Å²) in [4.78, 5) is 8.79.